The maximum Gasteiger partial charge on any atom is 0.283 e. The number of rotatable bonds is 7. The van der Waals surface area contributed by atoms with Gasteiger partial charge in [-0.05, 0) is 30.3 Å². The van der Waals surface area contributed by atoms with Crippen molar-refractivity contribution in [3.63, 3.8) is 0 Å². The first-order valence-corrected chi connectivity index (χ1v) is 14.8. The fraction of sp³-hybridized carbons (Fsp3) is 0.393. The van der Waals surface area contributed by atoms with Gasteiger partial charge >= 0.3 is 0 Å². The van der Waals surface area contributed by atoms with Gasteiger partial charge in [-0.2, -0.15) is 5.10 Å². The Kier molecular flexibility index (Phi) is 9.52. The lowest BCUT2D eigenvalue weighted by Gasteiger charge is -2.30. The monoisotopic (exact) mass is 619 g/mol. The summed E-state index contributed by atoms with van der Waals surface area (Å²) >= 11 is -2.53. The topological polar surface area (TPSA) is 135 Å². The van der Waals surface area contributed by atoms with Gasteiger partial charge in [0.2, 0.25) is 0 Å². The summed E-state index contributed by atoms with van der Waals surface area (Å²) in [5.74, 6) is 0.195. The summed E-state index contributed by atoms with van der Waals surface area (Å²) in [5.41, 5.74) is 1.62. The maximum atomic E-state index is 14.8. The molecule has 43 heavy (non-hydrogen) atoms. The van der Waals surface area contributed by atoms with E-state index >= 15 is 0 Å². The number of carbonyl (C=O) groups is 1. The lowest BCUT2D eigenvalue weighted by Crippen LogP contribution is -2.28. The minimum absolute atomic E-state index is 0. The van der Waals surface area contributed by atoms with Crippen LogP contribution in [0, 0.1) is 5.82 Å². The van der Waals surface area contributed by atoms with Crippen molar-refractivity contribution in [2.75, 3.05) is 37.0 Å². The van der Waals surface area contributed by atoms with Crippen LogP contribution < -0.4 is 19.7 Å². The summed E-state index contributed by atoms with van der Waals surface area (Å²) in [6.07, 6.45) is 5.16. The molecule has 3 atom stereocenters. The highest BCUT2D eigenvalue weighted by molar-refractivity contribution is 7.77. The first-order chi connectivity index (χ1) is 20.7. The number of hydrogen-bond acceptors (Lipinski definition) is 8. The fourth-order valence-electron chi connectivity index (χ4n) is 5.21. The zero-order chi connectivity index (χ0) is 30.5. The molecule has 2 aliphatic rings. The van der Waals surface area contributed by atoms with Gasteiger partial charge in [0.15, 0.2) is 0 Å². The highest BCUT2D eigenvalue weighted by Crippen LogP contribution is 2.42. The molecule has 0 radical (unpaired) electrons. The van der Waals surface area contributed by atoms with Crippen LogP contribution in [0.1, 0.15) is 42.8 Å². The third kappa shape index (κ3) is 7.29. The number of nitrogens with one attached hydrogen (secondary N) is 2. The number of amides is 1. The second-order valence-corrected chi connectivity index (χ2v) is 10.9. The van der Waals surface area contributed by atoms with Gasteiger partial charge in [0, 0.05) is 65.4 Å². The molecule has 2 saturated heterocycles. The van der Waals surface area contributed by atoms with Crippen LogP contribution in [-0.2, 0) is 23.1 Å². The van der Waals surface area contributed by atoms with Crippen molar-refractivity contribution in [2.24, 2.45) is 7.05 Å². The van der Waals surface area contributed by atoms with E-state index in [1.54, 1.807) is 29.1 Å². The van der Waals surface area contributed by atoms with Gasteiger partial charge in [0.05, 0.1) is 31.1 Å². The lowest BCUT2D eigenvalue weighted by atomic mass is 10.0. The normalized spacial score (nSPS) is 19.5. The van der Waals surface area contributed by atoms with Crippen molar-refractivity contribution in [3.05, 3.63) is 72.1 Å². The molecular formula is C28H35F2N7O5S. The average molecular weight is 620 g/mol. The number of imidazole rings is 1. The summed E-state index contributed by atoms with van der Waals surface area (Å²) in [6, 6.07) is 9.12. The molecule has 0 aliphatic carbocycles. The summed E-state index contributed by atoms with van der Waals surface area (Å²) in [4.78, 5) is 18.3. The van der Waals surface area contributed by atoms with Gasteiger partial charge in [-0.15, -0.1) is 0 Å². The number of ether oxygens (including phenoxy) is 2. The molecule has 6 rings (SSSR count). The fourth-order valence-corrected chi connectivity index (χ4v) is 5.48. The van der Waals surface area contributed by atoms with E-state index in [4.69, 9.17) is 14.0 Å². The van der Waals surface area contributed by atoms with E-state index in [1.165, 1.54) is 22.7 Å². The lowest BCUT2D eigenvalue weighted by molar-refractivity contribution is 0.0250. The van der Waals surface area contributed by atoms with Crippen molar-refractivity contribution in [3.8, 4) is 5.75 Å². The molecule has 15 heteroatoms. The van der Waals surface area contributed by atoms with Gasteiger partial charge < -0.3 is 19.7 Å². The van der Waals surface area contributed by atoms with Crippen LogP contribution in [0.25, 0.3) is 5.65 Å². The van der Waals surface area contributed by atoms with Gasteiger partial charge in [-0.1, -0.05) is 0 Å². The van der Waals surface area contributed by atoms with Gasteiger partial charge in [-0.3, -0.25) is 18.4 Å². The van der Waals surface area contributed by atoms with Crippen LogP contribution in [0.5, 0.6) is 5.75 Å². The first-order valence-electron chi connectivity index (χ1n) is 13.7. The molecular weight excluding hydrogens is 584 g/mol. The number of halogens is 2. The standard InChI is InChI=1S/C23H24F2N4O5S.C5H9N3.H2/c24-14-1-3-21(34-17-5-7-33-8-6-17)18(9-14)19-10-15(25)12-28(19)16-2-4-22-26-11-20(29(22)13-16)23(30)27-35(31)32;1-6-5-3-4-8(2)7-5;/h1-4,9,11,13,15,17,19H,5-8,10,12H2,(H,27,30)(H,31,32);3-4H,1-2H3,(H,6,7);1H/t15-,19+;;/m0../s1. The van der Waals surface area contributed by atoms with E-state index in [1.807, 2.05) is 36.0 Å². The zero-order valence-electron chi connectivity index (χ0n) is 23.7. The summed E-state index contributed by atoms with van der Waals surface area (Å²) in [6.45, 7) is 1.25. The number of hydrogen-bond donors (Lipinski definition) is 3. The highest BCUT2D eigenvalue weighted by Gasteiger charge is 2.36. The SMILES string of the molecule is CNc1ccn(C)n1.O=C(NS(=O)O)c1cnc2ccc(N3C[C@@H](F)C[C@@H]3c3cc(F)ccc3OC3CCOCC3)cn12.[HH]. The third-order valence-corrected chi connectivity index (χ3v) is 7.61. The average Bonchev–Trinajstić information content (AvgIpc) is 3.72. The smallest absolute Gasteiger partial charge is 0.283 e. The minimum Gasteiger partial charge on any atom is -0.490 e. The van der Waals surface area contributed by atoms with Crippen LogP contribution in [0.4, 0.5) is 20.3 Å². The van der Waals surface area contributed by atoms with Crippen LogP contribution in [-0.4, -0.2) is 72.9 Å². The Balaban J connectivity index is 0.000000428. The molecule has 3 aromatic heterocycles. The van der Waals surface area contributed by atoms with Crippen LogP contribution in [0.3, 0.4) is 0 Å². The molecule has 232 valence electrons. The van der Waals surface area contributed by atoms with Crippen LogP contribution >= 0.6 is 0 Å². The predicted molar refractivity (Wildman–Crippen MR) is 159 cm³/mol. The molecule has 3 N–H and O–H groups in total. The number of benzene rings is 1. The Hall–Kier alpha value is -4.08. The van der Waals surface area contributed by atoms with Gasteiger partial charge in [-0.25, -0.2) is 22.7 Å². The van der Waals surface area contributed by atoms with Crippen molar-refractivity contribution < 1.29 is 33.2 Å². The van der Waals surface area contributed by atoms with E-state index in [-0.39, 0.29) is 26.2 Å². The summed E-state index contributed by atoms with van der Waals surface area (Å²) in [5, 5.41) is 6.95. The largest absolute Gasteiger partial charge is 0.490 e. The number of alkyl halides is 1. The number of fused-ring (bicyclic) bond motifs is 1. The molecule has 5 heterocycles. The molecule has 1 amide bonds. The molecule has 0 bridgehead atoms. The Morgan fingerprint density at radius 3 is 2.70 bits per heavy atom. The van der Waals surface area contributed by atoms with Crippen LogP contribution in [0.15, 0.2) is 55.0 Å². The van der Waals surface area contributed by atoms with Crippen molar-refractivity contribution >= 4 is 34.3 Å². The highest BCUT2D eigenvalue weighted by atomic mass is 32.2. The van der Waals surface area contributed by atoms with E-state index in [0.29, 0.717) is 35.9 Å². The third-order valence-electron chi connectivity index (χ3n) is 7.25. The molecule has 1 aromatic carbocycles. The van der Waals surface area contributed by atoms with Gasteiger partial charge in [0.1, 0.15) is 41.0 Å². The van der Waals surface area contributed by atoms with E-state index in [9.17, 15) is 17.8 Å². The quantitative estimate of drug-likeness (QED) is 0.263. The molecule has 1 unspecified atom stereocenters. The molecule has 4 aromatic rings. The number of pyridine rings is 1. The van der Waals surface area contributed by atoms with Gasteiger partial charge in [0.25, 0.3) is 17.2 Å². The second-order valence-electron chi connectivity index (χ2n) is 10.2. The molecule has 0 saturated carbocycles. The Morgan fingerprint density at radius 1 is 1.23 bits per heavy atom. The molecule has 2 aliphatic heterocycles. The maximum absolute atomic E-state index is 14.8. The van der Waals surface area contributed by atoms with Crippen molar-refractivity contribution in [1.82, 2.24) is 23.9 Å². The number of nitrogens with zero attached hydrogens (tertiary/aromatic N) is 5. The van der Waals surface area contributed by atoms with Crippen LogP contribution in [0.2, 0.25) is 0 Å². The number of carbonyl (C=O) groups excluding carboxylic acids is 1. The molecule has 2 fully saturated rings. The molecule has 0 spiro atoms. The molecule has 12 nitrogen and oxygen atoms in total. The first kappa shape index (κ1) is 30.4. The zero-order valence-corrected chi connectivity index (χ0v) is 24.5. The van der Waals surface area contributed by atoms with Crippen molar-refractivity contribution in [1.29, 1.82) is 0 Å². The number of aromatic nitrogens is 4. The second kappa shape index (κ2) is 13.5. The van der Waals surface area contributed by atoms with E-state index < -0.39 is 35.2 Å². The predicted octanol–water partition coefficient (Wildman–Crippen LogP) is 3.90. The Morgan fingerprint density at radius 2 is 2.02 bits per heavy atom. The minimum atomic E-state index is -2.53. The van der Waals surface area contributed by atoms with E-state index in [0.717, 1.165) is 18.7 Å². The Bertz CT molecular complexity index is 1600. The Labute approximate surface area is 250 Å². The van der Waals surface area contributed by atoms with Crippen molar-refractivity contribution in [2.45, 2.75) is 37.6 Å². The summed E-state index contributed by atoms with van der Waals surface area (Å²) < 4.78 is 65.8. The summed E-state index contributed by atoms with van der Waals surface area (Å²) in [7, 11) is 3.74. The van der Waals surface area contributed by atoms with E-state index in [2.05, 4.69) is 15.4 Å². The number of aryl methyl sites for hydroxylation is 1. The number of anilines is 2.